The van der Waals surface area contributed by atoms with Crippen LogP contribution in [-0.4, -0.2) is 24.6 Å². The van der Waals surface area contributed by atoms with Crippen LogP contribution in [0.15, 0.2) is 18.2 Å². The Balaban J connectivity index is 2.40. The van der Waals surface area contributed by atoms with Gasteiger partial charge >= 0.3 is 5.97 Å². The highest BCUT2D eigenvalue weighted by atomic mass is 32.2. The number of hydrogen-bond acceptors (Lipinski definition) is 4. The highest BCUT2D eigenvalue weighted by Crippen LogP contribution is 2.20. The number of methoxy groups -OCH3 is 1. The van der Waals surface area contributed by atoms with Crippen molar-refractivity contribution in [3.8, 4) is 0 Å². The van der Waals surface area contributed by atoms with Gasteiger partial charge in [0.05, 0.1) is 13.5 Å². The lowest BCUT2D eigenvalue weighted by atomic mass is 10.1. The Morgan fingerprint density at radius 1 is 1.50 bits per heavy atom. The first-order valence-corrected chi connectivity index (χ1v) is 6.55. The highest BCUT2D eigenvalue weighted by Gasteiger charge is 2.12. The Morgan fingerprint density at radius 3 is 2.83 bits per heavy atom. The number of carbonyl (C=O) groups is 1. The van der Waals surface area contributed by atoms with Crippen LogP contribution in [0.3, 0.4) is 0 Å². The summed E-state index contributed by atoms with van der Waals surface area (Å²) in [5, 5.41) is 0. The van der Waals surface area contributed by atoms with Crippen LogP contribution in [0.5, 0.6) is 0 Å². The molecule has 0 aliphatic rings. The number of hydrogen-bond donors (Lipinski definition) is 1. The molecule has 3 nitrogen and oxygen atoms in total. The molecule has 1 atom stereocenters. The summed E-state index contributed by atoms with van der Waals surface area (Å²) in [5.41, 5.74) is 6.08. The smallest absolute Gasteiger partial charge is 0.306 e. The minimum Gasteiger partial charge on any atom is -0.469 e. The number of carbonyl (C=O) groups excluding carboxylic acids is 1. The van der Waals surface area contributed by atoms with Gasteiger partial charge in [0, 0.05) is 29.2 Å². The van der Waals surface area contributed by atoms with E-state index in [4.69, 9.17) is 5.73 Å². The minimum absolute atomic E-state index is 0.280. The molecular weight excluding hydrogens is 260 g/mol. The van der Waals surface area contributed by atoms with Crippen molar-refractivity contribution in [1.29, 1.82) is 0 Å². The average molecular weight is 275 g/mol. The topological polar surface area (TPSA) is 52.3 Å². The summed E-state index contributed by atoms with van der Waals surface area (Å²) in [6.07, 6.45) is 0.291. The zero-order chi connectivity index (χ0) is 13.5. The second-order valence-electron chi connectivity index (χ2n) is 3.67. The number of thioether (sulfide) groups is 1. The lowest BCUT2D eigenvalue weighted by Crippen LogP contribution is -2.15. The maximum atomic E-state index is 13.4. The Hall–Kier alpha value is -1.14. The molecule has 18 heavy (non-hydrogen) atoms. The Labute approximate surface area is 109 Å². The van der Waals surface area contributed by atoms with E-state index in [9.17, 15) is 13.6 Å². The van der Waals surface area contributed by atoms with Crippen molar-refractivity contribution in [3.05, 3.63) is 35.4 Å². The van der Waals surface area contributed by atoms with E-state index in [1.165, 1.54) is 31.0 Å². The molecule has 0 amide bonds. The van der Waals surface area contributed by atoms with E-state index in [1.807, 2.05) is 0 Å². The van der Waals surface area contributed by atoms with Crippen LogP contribution in [0, 0.1) is 11.6 Å². The largest absolute Gasteiger partial charge is 0.469 e. The molecule has 0 aromatic heterocycles. The third-order valence-electron chi connectivity index (χ3n) is 2.34. The quantitative estimate of drug-likeness (QED) is 0.639. The van der Waals surface area contributed by atoms with Gasteiger partial charge in [-0.25, -0.2) is 8.78 Å². The number of rotatable bonds is 6. The van der Waals surface area contributed by atoms with Crippen molar-refractivity contribution < 1.29 is 18.3 Å². The molecule has 0 saturated heterocycles. The summed E-state index contributed by atoms with van der Waals surface area (Å²) in [6.45, 7) is 0. The number of halogens is 2. The zero-order valence-electron chi connectivity index (χ0n) is 9.99. The predicted octanol–water partition coefficient (Wildman–Crippen LogP) is 2.26. The van der Waals surface area contributed by atoms with E-state index in [2.05, 4.69) is 4.74 Å². The molecule has 0 saturated carbocycles. The first kappa shape index (κ1) is 14.9. The van der Waals surface area contributed by atoms with Gasteiger partial charge in [0.2, 0.25) is 0 Å². The molecule has 100 valence electrons. The van der Waals surface area contributed by atoms with Crippen LogP contribution in [0.2, 0.25) is 0 Å². The van der Waals surface area contributed by atoms with Crippen LogP contribution in [0.1, 0.15) is 18.0 Å². The molecule has 2 N–H and O–H groups in total. The van der Waals surface area contributed by atoms with Gasteiger partial charge in [-0.05, 0) is 6.07 Å². The standard InChI is InChI=1S/C12H15F2NO2S/c1-17-12(16)4-5-18-7-11(15)9-3-2-8(13)6-10(9)14/h2-3,6,11H,4-5,7,15H2,1H3. The third kappa shape index (κ3) is 4.62. The van der Waals surface area contributed by atoms with Crippen molar-refractivity contribution >= 4 is 17.7 Å². The molecule has 0 heterocycles. The summed E-state index contributed by atoms with van der Waals surface area (Å²) in [5.74, 6) is -0.537. The fraction of sp³-hybridized carbons (Fsp3) is 0.417. The molecular formula is C12H15F2NO2S. The summed E-state index contributed by atoms with van der Waals surface area (Å²) in [7, 11) is 1.33. The van der Waals surface area contributed by atoms with Crippen LogP contribution >= 0.6 is 11.8 Å². The van der Waals surface area contributed by atoms with Gasteiger partial charge in [0.1, 0.15) is 11.6 Å². The summed E-state index contributed by atoms with van der Waals surface area (Å²) in [4.78, 5) is 10.8. The van der Waals surface area contributed by atoms with Gasteiger partial charge < -0.3 is 10.5 Å². The van der Waals surface area contributed by atoms with Gasteiger partial charge in [0.25, 0.3) is 0 Å². The Bertz CT molecular complexity index is 415. The van der Waals surface area contributed by atoms with Crippen molar-refractivity contribution in [2.75, 3.05) is 18.6 Å². The first-order chi connectivity index (χ1) is 8.54. The minimum atomic E-state index is -0.643. The van der Waals surface area contributed by atoms with E-state index in [0.29, 0.717) is 17.9 Å². The van der Waals surface area contributed by atoms with Gasteiger partial charge in [-0.15, -0.1) is 0 Å². The van der Waals surface area contributed by atoms with Crippen molar-refractivity contribution in [2.45, 2.75) is 12.5 Å². The molecule has 0 aliphatic heterocycles. The number of ether oxygens (including phenoxy) is 1. The molecule has 1 rings (SSSR count). The van der Waals surface area contributed by atoms with Gasteiger partial charge in [-0.1, -0.05) is 6.07 Å². The fourth-order valence-electron chi connectivity index (χ4n) is 1.36. The van der Waals surface area contributed by atoms with Gasteiger partial charge in [0.15, 0.2) is 0 Å². The molecule has 0 radical (unpaired) electrons. The summed E-state index contributed by atoms with van der Waals surface area (Å²) in [6, 6.07) is 2.82. The SMILES string of the molecule is COC(=O)CCSCC(N)c1ccc(F)cc1F. The number of benzene rings is 1. The van der Waals surface area contributed by atoms with E-state index in [-0.39, 0.29) is 11.5 Å². The van der Waals surface area contributed by atoms with Gasteiger partial charge in [-0.3, -0.25) is 4.79 Å². The molecule has 0 bridgehead atoms. The van der Waals surface area contributed by atoms with Crippen molar-refractivity contribution in [1.82, 2.24) is 0 Å². The third-order valence-corrected chi connectivity index (χ3v) is 3.43. The van der Waals surface area contributed by atoms with E-state index < -0.39 is 17.7 Å². The van der Waals surface area contributed by atoms with Crippen LogP contribution in [0.4, 0.5) is 8.78 Å². The molecule has 0 fully saturated rings. The summed E-state index contributed by atoms with van der Waals surface area (Å²) >= 11 is 1.43. The second kappa shape index (κ2) is 7.33. The van der Waals surface area contributed by atoms with Crippen LogP contribution in [-0.2, 0) is 9.53 Å². The Morgan fingerprint density at radius 2 is 2.22 bits per heavy atom. The zero-order valence-corrected chi connectivity index (χ0v) is 10.8. The van der Waals surface area contributed by atoms with Crippen LogP contribution < -0.4 is 5.73 Å². The second-order valence-corrected chi connectivity index (χ2v) is 4.82. The lowest BCUT2D eigenvalue weighted by molar-refractivity contribution is -0.140. The molecule has 0 aliphatic carbocycles. The van der Waals surface area contributed by atoms with Crippen LogP contribution in [0.25, 0.3) is 0 Å². The van der Waals surface area contributed by atoms with E-state index in [0.717, 1.165) is 6.07 Å². The lowest BCUT2D eigenvalue weighted by Gasteiger charge is -2.12. The molecule has 1 aromatic carbocycles. The summed E-state index contributed by atoms with van der Waals surface area (Å²) < 4.78 is 30.6. The first-order valence-electron chi connectivity index (χ1n) is 5.39. The van der Waals surface area contributed by atoms with E-state index >= 15 is 0 Å². The average Bonchev–Trinajstić information content (AvgIpc) is 2.34. The van der Waals surface area contributed by atoms with Crippen molar-refractivity contribution in [2.24, 2.45) is 5.73 Å². The number of nitrogens with two attached hydrogens (primary N) is 1. The maximum Gasteiger partial charge on any atom is 0.306 e. The molecule has 1 unspecified atom stereocenters. The fourth-order valence-corrected chi connectivity index (χ4v) is 2.27. The maximum absolute atomic E-state index is 13.4. The number of esters is 1. The van der Waals surface area contributed by atoms with E-state index in [1.54, 1.807) is 0 Å². The predicted molar refractivity (Wildman–Crippen MR) is 67.2 cm³/mol. The Kier molecular flexibility index (Phi) is 6.07. The van der Waals surface area contributed by atoms with Gasteiger partial charge in [-0.2, -0.15) is 11.8 Å². The monoisotopic (exact) mass is 275 g/mol. The van der Waals surface area contributed by atoms with Crippen molar-refractivity contribution in [3.63, 3.8) is 0 Å². The molecule has 1 aromatic rings. The normalized spacial score (nSPS) is 12.2. The molecule has 0 spiro atoms. The molecule has 6 heteroatoms. The highest BCUT2D eigenvalue weighted by molar-refractivity contribution is 7.99.